The first-order valence-electron chi connectivity index (χ1n) is 5.85. The van der Waals surface area contributed by atoms with E-state index in [1.165, 1.54) is 17.2 Å². The number of aryl methyl sites for hydroxylation is 1. The number of fused-ring (bicyclic) bond motifs is 1. The summed E-state index contributed by atoms with van der Waals surface area (Å²) in [5, 5.41) is 7.21. The molecule has 2 aliphatic rings. The van der Waals surface area contributed by atoms with E-state index >= 15 is 0 Å². The van der Waals surface area contributed by atoms with Gasteiger partial charge in [-0.05, 0) is 31.8 Å². The smallest absolute Gasteiger partial charge is 0.240 e. The van der Waals surface area contributed by atoms with Gasteiger partial charge in [0.25, 0.3) is 0 Å². The minimum Gasteiger partial charge on any atom is -0.294 e. The van der Waals surface area contributed by atoms with Gasteiger partial charge in [-0.3, -0.25) is 19.6 Å². The number of H-pyrrole nitrogens is 1. The second-order valence-electron chi connectivity index (χ2n) is 4.43. The second-order valence-corrected chi connectivity index (χ2v) is 4.43. The molecule has 17 heavy (non-hydrogen) atoms. The molecule has 0 radical (unpaired) electrons. The van der Waals surface area contributed by atoms with Crippen molar-refractivity contribution in [1.82, 2.24) is 10.2 Å². The van der Waals surface area contributed by atoms with Gasteiger partial charge in [-0.1, -0.05) is 0 Å². The van der Waals surface area contributed by atoms with E-state index in [0.717, 1.165) is 36.9 Å². The normalized spacial score (nSPS) is 19.6. The zero-order chi connectivity index (χ0) is 11.8. The highest BCUT2D eigenvalue weighted by Crippen LogP contribution is 2.29. The summed E-state index contributed by atoms with van der Waals surface area (Å²) in [4.78, 5) is 24.4. The molecule has 0 bridgehead atoms. The molecule has 5 nitrogen and oxygen atoms in total. The van der Waals surface area contributed by atoms with E-state index in [9.17, 15) is 9.59 Å². The van der Waals surface area contributed by atoms with Gasteiger partial charge in [-0.25, -0.2) is 0 Å². The molecule has 2 heterocycles. The van der Waals surface area contributed by atoms with E-state index in [1.54, 1.807) is 0 Å². The molecule has 0 unspecified atom stereocenters. The molecule has 3 rings (SSSR count). The van der Waals surface area contributed by atoms with Crippen molar-refractivity contribution >= 4 is 17.5 Å². The fourth-order valence-corrected chi connectivity index (χ4v) is 2.39. The lowest BCUT2D eigenvalue weighted by molar-refractivity contribution is -0.124. The van der Waals surface area contributed by atoms with Crippen molar-refractivity contribution in [3.05, 3.63) is 23.5 Å². The third kappa shape index (κ3) is 1.67. The summed E-state index contributed by atoms with van der Waals surface area (Å²) >= 11 is 0. The van der Waals surface area contributed by atoms with Gasteiger partial charge in [0.15, 0.2) is 11.6 Å². The Kier molecular flexibility index (Phi) is 2.31. The third-order valence-corrected chi connectivity index (χ3v) is 3.27. The highest BCUT2D eigenvalue weighted by atomic mass is 16.2. The summed E-state index contributed by atoms with van der Waals surface area (Å²) in [6.45, 7) is 0. The maximum atomic E-state index is 11.8. The van der Waals surface area contributed by atoms with Crippen LogP contribution in [-0.4, -0.2) is 21.9 Å². The Hall–Kier alpha value is -1.91. The van der Waals surface area contributed by atoms with Gasteiger partial charge in [0.05, 0.1) is 6.42 Å². The van der Waals surface area contributed by atoms with Crippen LogP contribution >= 0.6 is 0 Å². The first-order valence-corrected chi connectivity index (χ1v) is 5.85. The lowest BCUT2D eigenvalue weighted by Crippen LogP contribution is -2.31. The van der Waals surface area contributed by atoms with E-state index in [-0.39, 0.29) is 18.1 Å². The van der Waals surface area contributed by atoms with Crippen LogP contribution in [0.1, 0.15) is 30.5 Å². The van der Waals surface area contributed by atoms with Crippen molar-refractivity contribution in [3.63, 3.8) is 0 Å². The Labute approximate surface area is 98.5 Å². The second kappa shape index (κ2) is 3.84. The lowest BCUT2D eigenvalue weighted by atomic mass is 9.97. The predicted octanol–water partition coefficient (Wildman–Crippen LogP) is 1.11. The average molecular weight is 231 g/mol. The quantitative estimate of drug-likeness (QED) is 0.736. The highest BCUT2D eigenvalue weighted by Gasteiger charge is 2.27. The third-order valence-electron chi connectivity index (χ3n) is 3.27. The van der Waals surface area contributed by atoms with Crippen molar-refractivity contribution in [1.29, 1.82) is 0 Å². The molecular weight excluding hydrogens is 218 g/mol. The van der Waals surface area contributed by atoms with Gasteiger partial charge in [0.1, 0.15) is 0 Å². The summed E-state index contributed by atoms with van der Waals surface area (Å²) < 4.78 is 0. The number of amides is 1. The summed E-state index contributed by atoms with van der Waals surface area (Å²) in [7, 11) is 0. The number of aromatic nitrogens is 2. The number of allylic oxidation sites excluding steroid dienone is 1. The van der Waals surface area contributed by atoms with Crippen LogP contribution < -0.4 is 4.90 Å². The van der Waals surface area contributed by atoms with Crippen LogP contribution in [-0.2, 0) is 22.4 Å². The average Bonchev–Trinajstić information content (AvgIpc) is 2.73. The minimum atomic E-state index is -0.197. The fraction of sp³-hybridized carbons (Fsp3) is 0.417. The van der Waals surface area contributed by atoms with Gasteiger partial charge >= 0.3 is 0 Å². The van der Waals surface area contributed by atoms with Crippen molar-refractivity contribution in [2.24, 2.45) is 0 Å². The summed E-state index contributed by atoms with van der Waals surface area (Å²) in [5.74, 6) is 0.335. The molecule has 0 atom stereocenters. The van der Waals surface area contributed by atoms with Crippen molar-refractivity contribution in [2.45, 2.75) is 32.1 Å². The molecule has 1 amide bonds. The Balaban J connectivity index is 1.99. The van der Waals surface area contributed by atoms with E-state index in [2.05, 4.69) is 10.2 Å². The first-order chi connectivity index (χ1) is 8.25. The highest BCUT2D eigenvalue weighted by molar-refractivity contribution is 6.13. The molecule has 0 spiro atoms. The van der Waals surface area contributed by atoms with E-state index in [1.807, 2.05) is 0 Å². The van der Waals surface area contributed by atoms with Crippen molar-refractivity contribution in [3.8, 4) is 0 Å². The van der Waals surface area contributed by atoms with E-state index in [0.29, 0.717) is 5.82 Å². The zero-order valence-corrected chi connectivity index (χ0v) is 9.40. The number of ketones is 1. The molecule has 0 aromatic carbocycles. The largest absolute Gasteiger partial charge is 0.294 e. The first kappa shape index (κ1) is 10.3. The van der Waals surface area contributed by atoms with Gasteiger partial charge in [-0.2, -0.15) is 5.10 Å². The number of hydrogen-bond acceptors (Lipinski definition) is 3. The van der Waals surface area contributed by atoms with Crippen molar-refractivity contribution < 1.29 is 9.59 Å². The predicted molar refractivity (Wildman–Crippen MR) is 61.5 cm³/mol. The molecule has 1 aromatic heterocycles. The Morgan fingerprint density at radius 2 is 2.06 bits per heavy atom. The molecule has 0 saturated carbocycles. The fourth-order valence-electron chi connectivity index (χ4n) is 2.39. The van der Waals surface area contributed by atoms with Crippen LogP contribution in [0.2, 0.25) is 0 Å². The zero-order valence-electron chi connectivity index (χ0n) is 9.40. The Morgan fingerprint density at radius 3 is 2.88 bits per heavy atom. The Morgan fingerprint density at radius 1 is 1.24 bits per heavy atom. The van der Waals surface area contributed by atoms with Crippen molar-refractivity contribution in [2.75, 3.05) is 4.90 Å². The Bertz CT molecular complexity index is 516. The number of nitrogens with one attached hydrogen (secondary N) is 1. The molecule has 5 heteroatoms. The van der Waals surface area contributed by atoms with Crippen LogP contribution in [0.5, 0.6) is 0 Å². The number of carbonyl (C=O) groups is 2. The summed E-state index contributed by atoms with van der Waals surface area (Å²) in [5.41, 5.74) is 2.26. The van der Waals surface area contributed by atoms with Gasteiger partial charge < -0.3 is 0 Å². The molecular formula is C12H13N3O2. The van der Waals surface area contributed by atoms with Crippen LogP contribution in [0.4, 0.5) is 5.82 Å². The maximum absolute atomic E-state index is 11.8. The number of hydrogen-bond donors (Lipinski definition) is 1. The van der Waals surface area contributed by atoms with Crippen LogP contribution in [0.15, 0.2) is 12.3 Å². The summed E-state index contributed by atoms with van der Waals surface area (Å²) in [6, 6.07) is 0. The molecule has 0 fully saturated rings. The monoisotopic (exact) mass is 231 g/mol. The van der Waals surface area contributed by atoms with E-state index in [4.69, 9.17) is 0 Å². The topological polar surface area (TPSA) is 66.1 Å². The molecule has 1 aromatic rings. The van der Waals surface area contributed by atoms with E-state index < -0.39 is 0 Å². The number of carbonyl (C=O) groups excluding carboxylic acids is 2. The standard InChI is InChI=1S/C12H13N3O2/c16-8-5-6-15(11(17)7-8)12-9-3-1-2-4-10(9)13-14-12/h5-6H,1-4,7H2,(H,13,14). The SMILES string of the molecule is O=C1C=CN(c2n[nH]c3c2CCCC3)C(=O)C1. The minimum absolute atomic E-state index is 0.0574. The van der Waals surface area contributed by atoms with Gasteiger partial charge in [0.2, 0.25) is 5.91 Å². The van der Waals surface area contributed by atoms with Gasteiger partial charge in [-0.15, -0.1) is 0 Å². The molecule has 1 aliphatic carbocycles. The molecule has 0 saturated heterocycles. The van der Waals surface area contributed by atoms with Crippen LogP contribution in [0.25, 0.3) is 0 Å². The number of anilines is 1. The van der Waals surface area contributed by atoms with Gasteiger partial charge in [0, 0.05) is 17.5 Å². The number of aromatic amines is 1. The van der Waals surface area contributed by atoms with Crippen LogP contribution in [0.3, 0.4) is 0 Å². The lowest BCUT2D eigenvalue weighted by Gasteiger charge is -2.21. The van der Waals surface area contributed by atoms with Crippen LogP contribution in [0, 0.1) is 0 Å². The summed E-state index contributed by atoms with van der Waals surface area (Å²) in [6.07, 6.45) is 7.14. The maximum Gasteiger partial charge on any atom is 0.240 e. The number of nitrogens with zero attached hydrogens (tertiary/aromatic N) is 2. The molecule has 88 valence electrons. The number of rotatable bonds is 1. The molecule has 1 aliphatic heterocycles. The molecule has 1 N–H and O–H groups in total.